The predicted molar refractivity (Wildman–Crippen MR) is 91.3 cm³/mol. The minimum atomic E-state index is -3.26. The van der Waals surface area contributed by atoms with Gasteiger partial charge in [0, 0.05) is 25.1 Å². The zero-order chi connectivity index (χ0) is 17.8. The van der Waals surface area contributed by atoms with Crippen molar-refractivity contribution < 1.29 is 17.7 Å². The lowest BCUT2D eigenvalue weighted by Crippen LogP contribution is -2.42. The molecule has 1 fully saturated rings. The van der Waals surface area contributed by atoms with Gasteiger partial charge >= 0.3 is 0 Å². The SMILES string of the molecule is CCCCS(=O)(=O)NCC(C)(C)CNC(=O)c1cc(C2CC2)on1. The van der Waals surface area contributed by atoms with Crippen LogP contribution in [0.4, 0.5) is 0 Å². The molecule has 0 unspecified atom stereocenters. The summed E-state index contributed by atoms with van der Waals surface area (Å²) in [6.45, 7) is 6.36. The van der Waals surface area contributed by atoms with Crippen LogP contribution in [0.3, 0.4) is 0 Å². The van der Waals surface area contributed by atoms with Gasteiger partial charge in [0.25, 0.3) is 5.91 Å². The molecule has 0 saturated heterocycles. The highest BCUT2D eigenvalue weighted by atomic mass is 32.2. The van der Waals surface area contributed by atoms with E-state index in [9.17, 15) is 13.2 Å². The molecule has 1 aromatic rings. The van der Waals surface area contributed by atoms with Crippen molar-refractivity contribution in [2.75, 3.05) is 18.8 Å². The number of nitrogens with one attached hydrogen (secondary N) is 2. The molecule has 1 aliphatic carbocycles. The summed E-state index contributed by atoms with van der Waals surface area (Å²) in [6, 6.07) is 1.69. The molecular formula is C16H27N3O4S. The van der Waals surface area contributed by atoms with Crippen molar-refractivity contribution in [1.29, 1.82) is 0 Å². The minimum Gasteiger partial charge on any atom is -0.360 e. The van der Waals surface area contributed by atoms with E-state index in [2.05, 4.69) is 15.2 Å². The number of aromatic nitrogens is 1. The number of amides is 1. The van der Waals surface area contributed by atoms with Crippen molar-refractivity contribution in [2.45, 2.75) is 52.4 Å². The van der Waals surface area contributed by atoms with Crippen LogP contribution in [-0.2, 0) is 10.0 Å². The van der Waals surface area contributed by atoms with Gasteiger partial charge in [-0.2, -0.15) is 0 Å². The summed E-state index contributed by atoms with van der Waals surface area (Å²) in [5.74, 6) is 1.01. The lowest BCUT2D eigenvalue weighted by molar-refractivity contribution is 0.0928. The third kappa shape index (κ3) is 5.90. The van der Waals surface area contributed by atoms with E-state index in [0.717, 1.165) is 25.0 Å². The van der Waals surface area contributed by atoms with Crippen LogP contribution in [0.1, 0.15) is 68.6 Å². The predicted octanol–water partition coefficient (Wildman–Crippen LogP) is 2.03. The smallest absolute Gasteiger partial charge is 0.273 e. The van der Waals surface area contributed by atoms with E-state index in [1.807, 2.05) is 20.8 Å². The van der Waals surface area contributed by atoms with Crippen LogP contribution >= 0.6 is 0 Å². The third-order valence-electron chi connectivity index (χ3n) is 4.01. The van der Waals surface area contributed by atoms with E-state index in [1.165, 1.54) is 0 Å². The van der Waals surface area contributed by atoms with Gasteiger partial charge in [0.1, 0.15) is 5.76 Å². The first-order chi connectivity index (χ1) is 11.2. The molecule has 0 bridgehead atoms. The summed E-state index contributed by atoms with van der Waals surface area (Å²) < 4.78 is 31.5. The minimum absolute atomic E-state index is 0.134. The highest BCUT2D eigenvalue weighted by Gasteiger charge is 2.29. The number of sulfonamides is 1. The number of hydrogen-bond donors (Lipinski definition) is 2. The molecule has 1 aromatic heterocycles. The Morgan fingerprint density at radius 2 is 2.08 bits per heavy atom. The average molecular weight is 357 g/mol. The number of carbonyl (C=O) groups excluding carboxylic acids is 1. The van der Waals surface area contributed by atoms with Crippen LogP contribution in [0.15, 0.2) is 10.6 Å². The van der Waals surface area contributed by atoms with E-state index in [0.29, 0.717) is 18.9 Å². The molecule has 1 saturated carbocycles. The third-order valence-corrected chi connectivity index (χ3v) is 5.42. The molecule has 0 aliphatic heterocycles. The van der Waals surface area contributed by atoms with E-state index in [-0.39, 0.29) is 23.9 Å². The average Bonchev–Trinajstić information content (AvgIpc) is 3.26. The van der Waals surface area contributed by atoms with Gasteiger partial charge in [-0.15, -0.1) is 0 Å². The fourth-order valence-corrected chi connectivity index (χ4v) is 3.56. The largest absolute Gasteiger partial charge is 0.360 e. The van der Waals surface area contributed by atoms with Crippen LogP contribution in [-0.4, -0.2) is 38.3 Å². The zero-order valence-corrected chi connectivity index (χ0v) is 15.4. The Balaban J connectivity index is 1.79. The molecular weight excluding hydrogens is 330 g/mol. The summed E-state index contributed by atoms with van der Waals surface area (Å²) in [4.78, 5) is 12.1. The summed E-state index contributed by atoms with van der Waals surface area (Å²) in [5.41, 5.74) is -0.130. The van der Waals surface area contributed by atoms with Crippen LogP contribution in [0.2, 0.25) is 0 Å². The Labute approximate surface area is 143 Å². The van der Waals surface area contributed by atoms with Gasteiger partial charge in [0.15, 0.2) is 5.69 Å². The van der Waals surface area contributed by atoms with Crippen molar-refractivity contribution in [3.05, 3.63) is 17.5 Å². The van der Waals surface area contributed by atoms with Gasteiger partial charge in [-0.05, 0) is 24.7 Å². The highest BCUT2D eigenvalue weighted by molar-refractivity contribution is 7.89. The molecule has 1 amide bonds. The second-order valence-corrected chi connectivity index (χ2v) is 9.16. The van der Waals surface area contributed by atoms with Crippen LogP contribution < -0.4 is 10.0 Å². The zero-order valence-electron chi connectivity index (χ0n) is 14.6. The van der Waals surface area contributed by atoms with E-state index >= 15 is 0 Å². The molecule has 0 aromatic carbocycles. The number of carbonyl (C=O) groups is 1. The van der Waals surface area contributed by atoms with Gasteiger partial charge in [-0.1, -0.05) is 32.3 Å². The van der Waals surface area contributed by atoms with Crippen molar-refractivity contribution in [3.8, 4) is 0 Å². The van der Waals surface area contributed by atoms with Gasteiger partial charge in [-0.3, -0.25) is 4.79 Å². The number of unbranched alkanes of at least 4 members (excludes halogenated alkanes) is 1. The number of nitrogens with zero attached hydrogens (tertiary/aromatic N) is 1. The van der Waals surface area contributed by atoms with Gasteiger partial charge in [-0.25, -0.2) is 13.1 Å². The van der Waals surface area contributed by atoms with Gasteiger partial charge in [0.05, 0.1) is 5.75 Å². The van der Waals surface area contributed by atoms with Crippen molar-refractivity contribution in [2.24, 2.45) is 5.41 Å². The Kier molecular flexibility index (Phi) is 6.03. The molecule has 136 valence electrons. The fraction of sp³-hybridized carbons (Fsp3) is 0.750. The second-order valence-electron chi connectivity index (χ2n) is 7.23. The highest BCUT2D eigenvalue weighted by Crippen LogP contribution is 2.40. The molecule has 1 aliphatic rings. The molecule has 24 heavy (non-hydrogen) atoms. The Morgan fingerprint density at radius 1 is 1.38 bits per heavy atom. The molecule has 0 spiro atoms. The summed E-state index contributed by atoms with van der Waals surface area (Å²) in [6.07, 6.45) is 3.64. The normalized spacial score (nSPS) is 15.5. The maximum Gasteiger partial charge on any atom is 0.273 e. The molecule has 2 rings (SSSR count). The number of hydrogen-bond acceptors (Lipinski definition) is 5. The van der Waals surface area contributed by atoms with Crippen LogP contribution in [0, 0.1) is 5.41 Å². The van der Waals surface area contributed by atoms with Gasteiger partial charge < -0.3 is 9.84 Å². The van der Waals surface area contributed by atoms with Crippen molar-refractivity contribution in [1.82, 2.24) is 15.2 Å². The summed E-state index contributed by atoms with van der Waals surface area (Å²) >= 11 is 0. The topological polar surface area (TPSA) is 101 Å². The quantitative estimate of drug-likeness (QED) is 0.667. The first-order valence-corrected chi connectivity index (χ1v) is 10.1. The Hall–Kier alpha value is -1.41. The Bertz CT molecular complexity index is 663. The second kappa shape index (κ2) is 7.65. The van der Waals surface area contributed by atoms with Crippen LogP contribution in [0.25, 0.3) is 0 Å². The molecule has 0 atom stereocenters. The standard InChI is InChI=1S/C16H27N3O4S/c1-4-5-8-24(21,22)18-11-16(2,3)10-17-15(20)13-9-14(23-19-13)12-6-7-12/h9,12,18H,4-8,10-11H2,1-3H3,(H,17,20). The summed E-state index contributed by atoms with van der Waals surface area (Å²) in [5, 5.41) is 6.59. The molecule has 2 N–H and O–H groups in total. The monoisotopic (exact) mass is 357 g/mol. The molecule has 8 heteroatoms. The van der Waals surface area contributed by atoms with Crippen LogP contribution in [0.5, 0.6) is 0 Å². The Morgan fingerprint density at radius 3 is 2.71 bits per heavy atom. The van der Waals surface area contributed by atoms with Gasteiger partial charge in [0.2, 0.25) is 10.0 Å². The van der Waals surface area contributed by atoms with Crippen molar-refractivity contribution in [3.63, 3.8) is 0 Å². The number of rotatable bonds is 10. The maximum atomic E-state index is 12.1. The maximum absolute atomic E-state index is 12.1. The lowest BCUT2D eigenvalue weighted by Gasteiger charge is -2.25. The fourth-order valence-electron chi connectivity index (χ4n) is 2.14. The molecule has 1 heterocycles. The lowest BCUT2D eigenvalue weighted by atomic mass is 9.94. The van der Waals surface area contributed by atoms with E-state index in [1.54, 1.807) is 6.07 Å². The summed E-state index contributed by atoms with van der Waals surface area (Å²) in [7, 11) is -3.26. The van der Waals surface area contributed by atoms with E-state index in [4.69, 9.17) is 4.52 Å². The molecule has 0 radical (unpaired) electrons. The molecule has 7 nitrogen and oxygen atoms in total. The first-order valence-electron chi connectivity index (χ1n) is 8.44. The van der Waals surface area contributed by atoms with E-state index < -0.39 is 15.4 Å². The first kappa shape index (κ1) is 18.9. The van der Waals surface area contributed by atoms with Crippen molar-refractivity contribution >= 4 is 15.9 Å².